The molecular formula is C24H34ClFO2. The molecule has 0 radical (unpaired) electrons. The first-order valence-corrected chi connectivity index (χ1v) is 11.6. The van der Waals surface area contributed by atoms with Crippen LogP contribution < -0.4 is 4.74 Å². The second-order valence-electron chi connectivity index (χ2n) is 8.89. The monoisotopic (exact) mass is 408 g/mol. The first-order valence-electron chi connectivity index (χ1n) is 11.2. The number of hydrogen-bond acceptors (Lipinski definition) is 2. The van der Waals surface area contributed by atoms with Crippen molar-refractivity contribution in [1.82, 2.24) is 0 Å². The van der Waals surface area contributed by atoms with Crippen LogP contribution in [-0.2, 0) is 4.79 Å². The molecule has 0 bridgehead atoms. The lowest BCUT2D eigenvalue weighted by molar-refractivity contribution is -0.140. The average molecular weight is 409 g/mol. The molecule has 4 heteroatoms. The predicted octanol–water partition coefficient (Wildman–Crippen LogP) is 7.58. The summed E-state index contributed by atoms with van der Waals surface area (Å²) in [6, 6.07) is 4.07. The molecule has 2 aliphatic rings. The van der Waals surface area contributed by atoms with E-state index in [4.69, 9.17) is 16.3 Å². The zero-order valence-corrected chi connectivity index (χ0v) is 17.9. The zero-order chi connectivity index (χ0) is 19.9. The van der Waals surface area contributed by atoms with Gasteiger partial charge in [-0.05, 0) is 68.4 Å². The molecular weight excluding hydrogens is 375 g/mol. The molecule has 0 saturated heterocycles. The Morgan fingerprint density at radius 2 is 1.68 bits per heavy atom. The lowest BCUT2D eigenvalue weighted by atomic mass is 9.68. The summed E-state index contributed by atoms with van der Waals surface area (Å²) >= 11 is 5.77. The van der Waals surface area contributed by atoms with E-state index in [2.05, 4.69) is 6.92 Å². The Hall–Kier alpha value is -1.09. The highest BCUT2D eigenvalue weighted by molar-refractivity contribution is 6.30. The first kappa shape index (κ1) is 21.6. The van der Waals surface area contributed by atoms with Gasteiger partial charge in [0, 0.05) is 6.07 Å². The molecule has 0 atom stereocenters. The van der Waals surface area contributed by atoms with E-state index in [0.717, 1.165) is 43.4 Å². The molecule has 2 saturated carbocycles. The summed E-state index contributed by atoms with van der Waals surface area (Å²) in [4.78, 5) is 12.5. The number of ether oxygens (including phenoxy) is 1. The van der Waals surface area contributed by atoms with E-state index >= 15 is 0 Å². The summed E-state index contributed by atoms with van der Waals surface area (Å²) in [6.07, 6.45) is 15.2. The van der Waals surface area contributed by atoms with E-state index in [0.29, 0.717) is 5.75 Å². The maximum Gasteiger partial charge on any atom is 0.314 e. The van der Waals surface area contributed by atoms with Crippen LogP contribution in [0.4, 0.5) is 4.39 Å². The van der Waals surface area contributed by atoms with E-state index in [9.17, 15) is 9.18 Å². The van der Waals surface area contributed by atoms with Gasteiger partial charge in [0.15, 0.2) is 0 Å². The molecule has 3 rings (SSSR count). The fourth-order valence-corrected chi connectivity index (χ4v) is 5.37. The summed E-state index contributed by atoms with van der Waals surface area (Å²) in [5.41, 5.74) is 0. The van der Waals surface area contributed by atoms with Gasteiger partial charge in [-0.1, -0.05) is 57.0 Å². The number of halogens is 2. The van der Waals surface area contributed by atoms with E-state index in [-0.39, 0.29) is 16.9 Å². The Balaban J connectivity index is 1.39. The number of carbonyl (C=O) groups is 1. The maximum atomic E-state index is 13.2. The van der Waals surface area contributed by atoms with Crippen LogP contribution in [0.3, 0.4) is 0 Å². The van der Waals surface area contributed by atoms with Gasteiger partial charge in [-0.2, -0.15) is 0 Å². The van der Waals surface area contributed by atoms with Crippen LogP contribution >= 0.6 is 11.6 Å². The largest absolute Gasteiger partial charge is 0.426 e. The van der Waals surface area contributed by atoms with Crippen LogP contribution in [0.1, 0.15) is 84.0 Å². The van der Waals surface area contributed by atoms with Crippen molar-refractivity contribution in [3.05, 3.63) is 29.0 Å². The highest BCUT2D eigenvalue weighted by Crippen LogP contribution is 2.42. The summed E-state index contributed by atoms with van der Waals surface area (Å²) in [6.45, 7) is 2.28. The standard InChI is InChI=1S/C24H34ClFO2/c1-2-3-4-5-17-6-8-18(9-7-17)19-10-12-20(13-11-19)24(27)28-21-14-15-23(26)22(25)16-21/h14-20H,2-13H2,1H3. The van der Waals surface area contributed by atoms with Gasteiger partial charge >= 0.3 is 5.97 Å². The predicted molar refractivity (Wildman–Crippen MR) is 112 cm³/mol. The molecule has 0 aliphatic heterocycles. The second kappa shape index (κ2) is 10.6. The minimum atomic E-state index is -0.498. The van der Waals surface area contributed by atoms with Gasteiger partial charge in [-0.3, -0.25) is 4.79 Å². The average Bonchev–Trinajstić information content (AvgIpc) is 2.72. The van der Waals surface area contributed by atoms with Crippen molar-refractivity contribution in [1.29, 1.82) is 0 Å². The molecule has 0 aromatic heterocycles. The summed E-state index contributed by atoms with van der Waals surface area (Å²) in [5, 5.41) is -0.0145. The molecule has 1 aromatic rings. The molecule has 0 amide bonds. The normalized spacial score (nSPS) is 28.1. The Morgan fingerprint density at radius 3 is 2.29 bits per heavy atom. The Bertz CT molecular complexity index is 631. The van der Waals surface area contributed by atoms with Crippen LogP contribution in [0.2, 0.25) is 5.02 Å². The molecule has 0 spiro atoms. The molecule has 1 aromatic carbocycles. The van der Waals surface area contributed by atoms with Gasteiger partial charge in [-0.15, -0.1) is 0 Å². The third-order valence-electron chi connectivity index (χ3n) is 6.99. The van der Waals surface area contributed by atoms with Gasteiger partial charge in [0.2, 0.25) is 0 Å². The van der Waals surface area contributed by atoms with Gasteiger partial charge in [0.05, 0.1) is 10.9 Å². The van der Waals surface area contributed by atoms with Crippen molar-refractivity contribution >= 4 is 17.6 Å². The summed E-state index contributed by atoms with van der Waals surface area (Å²) < 4.78 is 18.7. The second-order valence-corrected chi connectivity index (χ2v) is 9.29. The van der Waals surface area contributed by atoms with Crippen LogP contribution in [0.5, 0.6) is 5.75 Å². The first-order chi connectivity index (χ1) is 13.6. The zero-order valence-electron chi connectivity index (χ0n) is 17.1. The fraction of sp³-hybridized carbons (Fsp3) is 0.708. The molecule has 2 nitrogen and oxygen atoms in total. The molecule has 0 unspecified atom stereocenters. The third-order valence-corrected chi connectivity index (χ3v) is 7.28. The Kier molecular flexibility index (Phi) is 8.20. The minimum Gasteiger partial charge on any atom is -0.426 e. The highest BCUT2D eigenvalue weighted by atomic mass is 35.5. The van der Waals surface area contributed by atoms with E-state index in [1.54, 1.807) is 0 Å². The maximum absolute atomic E-state index is 13.2. The van der Waals surface area contributed by atoms with Crippen molar-refractivity contribution in [2.75, 3.05) is 0 Å². The van der Waals surface area contributed by atoms with Crippen molar-refractivity contribution in [3.8, 4) is 5.75 Å². The highest BCUT2D eigenvalue weighted by Gasteiger charge is 2.33. The van der Waals surface area contributed by atoms with E-state index in [1.807, 2.05) is 0 Å². The number of hydrogen-bond donors (Lipinski definition) is 0. The van der Waals surface area contributed by atoms with E-state index in [1.165, 1.54) is 69.6 Å². The minimum absolute atomic E-state index is 0.0145. The molecule has 0 N–H and O–H groups in total. The number of benzene rings is 1. The van der Waals surface area contributed by atoms with Gasteiger partial charge in [-0.25, -0.2) is 4.39 Å². The molecule has 156 valence electrons. The molecule has 0 heterocycles. The smallest absolute Gasteiger partial charge is 0.314 e. The number of rotatable bonds is 7. The quantitative estimate of drug-likeness (QED) is 0.264. The van der Waals surface area contributed by atoms with Crippen molar-refractivity contribution in [2.24, 2.45) is 23.7 Å². The SMILES string of the molecule is CCCCCC1CCC(C2CCC(C(=O)Oc3ccc(F)c(Cl)c3)CC2)CC1. The summed E-state index contributed by atoms with van der Waals surface area (Å²) in [5.74, 6) is 2.20. The Labute approximate surface area is 174 Å². The molecule has 2 aliphatic carbocycles. The van der Waals surface area contributed by atoms with Crippen molar-refractivity contribution in [3.63, 3.8) is 0 Å². The number of unbranched alkanes of at least 4 members (excludes halogenated alkanes) is 2. The van der Waals surface area contributed by atoms with Crippen molar-refractivity contribution < 1.29 is 13.9 Å². The third kappa shape index (κ3) is 5.95. The lowest BCUT2D eigenvalue weighted by Gasteiger charge is -2.37. The van der Waals surface area contributed by atoms with Crippen LogP contribution in [0, 0.1) is 29.5 Å². The fourth-order valence-electron chi connectivity index (χ4n) is 5.20. The van der Waals surface area contributed by atoms with Gasteiger partial charge < -0.3 is 4.74 Å². The summed E-state index contributed by atoms with van der Waals surface area (Å²) in [7, 11) is 0. The topological polar surface area (TPSA) is 26.3 Å². The van der Waals surface area contributed by atoms with Crippen LogP contribution in [0.25, 0.3) is 0 Å². The number of esters is 1. The van der Waals surface area contributed by atoms with Gasteiger partial charge in [0.1, 0.15) is 11.6 Å². The van der Waals surface area contributed by atoms with Crippen LogP contribution in [-0.4, -0.2) is 5.97 Å². The van der Waals surface area contributed by atoms with E-state index < -0.39 is 5.82 Å². The number of carbonyl (C=O) groups excluding carboxylic acids is 1. The molecule has 28 heavy (non-hydrogen) atoms. The molecule has 2 fully saturated rings. The van der Waals surface area contributed by atoms with Gasteiger partial charge in [0.25, 0.3) is 0 Å². The Morgan fingerprint density at radius 1 is 1.04 bits per heavy atom. The van der Waals surface area contributed by atoms with Crippen molar-refractivity contribution in [2.45, 2.75) is 84.0 Å². The lowest BCUT2D eigenvalue weighted by Crippen LogP contribution is -2.30. The van der Waals surface area contributed by atoms with Crippen LogP contribution in [0.15, 0.2) is 18.2 Å².